The van der Waals surface area contributed by atoms with E-state index in [0.29, 0.717) is 5.56 Å². The van der Waals surface area contributed by atoms with Crippen molar-refractivity contribution in [2.24, 2.45) is 0 Å². The van der Waals surface area contributed by atoms with Crippen LogP contribution in [0.2, 0.25) is 0 Å². The molecule has 0 radical (unpaired) electrons. The molecule has 7 nitrogen and oxygen atoms in total. The first kappa shape index (κ1) is 14.7. The zero-order valence-corrected chi connectivity index (χ0v) is 9.81. The van der Waals surface area contributed by atoms with E-state index in [0.717, 1.165) is 0 Å². The van der Waals surface area contributed by atoms with Gasteiger partial charge in [0.15, 0.2) is 6.10 Å². The molecule has 0 saturated carbocycles. The smallest absolute Gasteiger partial charge is 0.326 e. The van der Waals surface area contributed by atoms with Crippen LogP contribution in [0.5, 0.6) is 0 Å². The van der Waals surface area contributed by atoms with E-state index in [-0.39, 0.29) is 0 Å². The summed E-state index contributed by atoms with van der Waals surface area (Å²) in [5.74, 6) is -3.79. The number of aliphatic hydroxyl groups excluding tert-OH is 1. The third-order valence-corrected chi connectivity index (χ3v) is 2.36. The highest BCUT2D eigenvalue weighted by Crippen LogP contribution is 2.12. The van der Waals surface area contributed by atoms with Gasteiger partial charge < -0.3 is 20.6 Å². The monoisotopic (exact) mass is 267 g/mol. The Balaban J connectivity index is 2.72. The standard InChI is InChI=1S/C12H13NO6/c14-9(15)6-8(12(18)19)13-11(17)10(16)7-4-2-1-3-5-7/h1-5,8,10,16H,6H2,(H,13,17)(H,14,15)(H,18,19)/t8-,10?/m0/s1. The molecule has 0 saturated heterocycles. The lowest BCUT2D eigenvalue weighted by molar-refractivity contribution is -0.148. The Labute approximate surface area is 108 Å². The second-order valence-corrected chi connectivity index (χ2v) is 3.81. The quantitative estimate of drug-likeness (QED) is 0.564. The first-order valence-corrected chi connectivity index (χ1v) is 5.39. The summed E-state index contributed by atoms with van der Waals surface area (Å²) >= 11 is 0. The topological polar surface area (TPSA) is 124 Å². The highest BCUT2D eigenvalue weighted by Gasteiger charge is 2.26. The Kier molecular flexibility index (Phi) is 5.01. The van der Waals surface area contributed by atoms with E-state index in [1.54, 1.807) is 18.2 Å². The Morgan fingerprint density at radius 3 is 2.16 bits per heavy atom. The predicted molar refractivity (Wildman–Crippen MR) is 63.2 cm³/mol. The maximum Gasteiger partial charge on any atom is 0.326 e. The molecule has 0 heterocycles. The van der Waals surface area contributed by atoms with Crippen molar-refractivity contribution >= 4 is 17.8 Å². The summed E-state index contributed by atoms with van der Waals surface area (Å²) in [5, 5.41) is 29.0. The highest BCUT2D eigenvalue weighted by atomic mass is 16.4. The van der Waals surface area contributed by atoms with Crippen LogP contribution in [-0.4, -0.2) is 39.2 Å². The fourth-order valence-corrected chi connectivity index (χ4v) is 1.41. The lowest BCUT2D eigenvalue weighted by Gasteiger charge is -2.16. The molecule has 1 amide bonds. The van der Waals surface area contributed by atoms with Crippen molar-refractivity contribution in [1.29, 1.82) is 0 Å². The van der Waals surface area contributed by atoms with Crippen LogP contribution < -0.4 is 5.32 Å². The second kappa shape index (κ2) is 6.50. The van der Waals surface area contributed by atoms with Gasteiger partial charge in [-0.1, -0.05) is 30.3 Å². The maximum atomic E-state index is 11.6. The minimum atomic E-state index is -1.58. The molecule has 102 valence electrons. The summed E-state index contributed by atoms with van der Waals surface area (Å²) in [6, 6.07) is 6.33. The molecule has 19 heavy (non-hydrogen) atoms. The summed E-state index contributed by atoms with van der Waals surface area (Å²) < 4.78 is 0. The zero-order valence-electron chi connectivity index (χ0n) is 9.81. The lowest BCUT2D eigenvalue weighted by Crippen LogP contribution is -2.44. The molecule has 1 rings (SSSR count). The van der Waals surface area contributed by atoms with Crippen LogP contribution in [0.4, 0.5) is 0 Å². The van der Waals surface area contributed by atoms with Crippen molar-refractivity contribution in [2.45, 2.75) is 18.6 Å². The highest BCUT2D eigenvalue weighted by molar-refractivity contribution is 5.89. The van der Waals surface area contributed by atoms with Crippen LogP contribution in [0.3, 0.4) is 0 Å². The van der Waals surface area contributed by atoms with Crippen LogP contribution in [0, 0.1) is 0 Å². The van der Waals surface area contributed by atoms with Gasteiger partial charge in [0, 0.05) is 0 Å². The Hall–Kier alpha value is -2.41. The Morgan fingerprint density at radius 2 is 1.68 bits per heavy atom. The minimum Gasteiger partial charge on any atom is -0.481 e. The Bertz CT molecular complexity index is 472. The number of nitrogens with one attached hydrogen (secondary N) is 1. The molecule has 0 aliphatic heterocycles. The molecule has 2 atom stereocenters. The molecule has 4 N–H and O–H groups in total. The van der Waals surface area contributed by atoms with Gasteiger partial charge in [-0.15, -0.1) is 0 Å². The first-order chi connectivity index (χ1) is 8.91. The van der Waals surface area contributed by atoms with Gasteiger partial charge >= 0.3 is 11.9 Å². The van der Waals surface area contributed by atoms with Gasteiger partial charge in [-0.3, -0.25) is 9.59 Å². The summed E-state index contributed by atoms with van der Waals surface area (Å²) in [4.78, 5) is 32.9. The molecular weight excluding hydrogens is 254 g/mol. The van der Waals surface area contributed by atoms with E-state index >= 15 is 0 Å². The zero-order chi connectivity index (χ0) is 14.4. The van der Waals surface area contributed by atoms with Gasteiger partial charge in [0.25, 0.3) is 5.91 Å². The van der Waals surface area contributed by atoms with Crippen molar-refractivity contribution in [3.8, 4) is 0 Å². The largest absolute Gasteiger partial charge is 0.481 e. The fraction of sp³-hybridized carbons (Fsp3) is 0.250. The molecule has 0 aliphatic rings. The third kappa shape index (κ3) is 4.40. The number of benzene rings is 1. The number of hydrogen-bond donors (Lipinski definition) is 4. The molecular formula is C12H13NO6. The molecule has 0 aromatic heterocycles. The predicted octanol–water partition coefficient (Wildman–Crippen LogP) is -0.236. The average molecular weight is 267 g/mol. The minimum absolute atomic E-state index is 0.291. The number of carboxylic acids is 2. The van der Waals surface area contributed by atoms with Crippen molar-refractivity contribution in [3.63, 3.8) is 0 Å². The number of carbonyl (C=O) groups excluding carboxylic acids is 1. The summed E-state index contributed by atoms with van der Waals surface area (Å²) in [6.45, 7) is 0. The van der Waals surface area contributed by atoms with Crippen LogP contribution in [0.1, 0.15) is 18.1 Å². The van der Waals surface area contributed by atoms with E-state index in [4.69, 9.17) is 10.2 Å². The van der Waals surface area contributed by atoms with Crippen LogP contribution in [0.25, 0.3) is 0 Å². The number of amides is 1. The Morgan fingerprint density at radius 1 is 1.11 bits per heavy atom. The molecule has 0 bridgehead atoms. The molecule has 0 aliphatic carbocycles. The van der Waals surface area contributed by atoms with Gasteiger partial charge in [-0.2, -0.15) is 0 Å². The molecule has 1 unspecified atom stereocenters. The molecule has 7 heteroatoms. The number of carbonyl (C=O) groups is 3. The van der Waals surface area contributed by atoms with E-state index < -0.39 is 36.4 Å². The van der Waals surface area contributed by atoms with Gasteiger partial charge in [0.05, 0.1) is 6.42 Å². The van der Waals surface area contributed by atoms with E-state index in [1.807, 2.05) is 5.32 Å². The lowest BCUT2D eigenvalue weighted by atomic mass is 10.1. The molecule has 0 spiro atoms. The van der Waals surface area contributed by atoms with Crippen molar-refractivity contribution in [2.75, 3.05) is 0 Å². The van der Waals surface area contributed by atoms with Crippen molar-refractivity contribution < 1.29 is 29.7 Å². The number of carboxylic acid groups (broad SMARTS) is 2. The number of rotatable bonds is 6. The van der Waals surface area contributed by atoms with Gasteiger partial charge in [0.2, 0.25) is 0 Å². The summed E-state index contributed by atoms with van der Waals surface area (Å²) in [5.41, 5.74) is 0.291. The van der Waals surface area contributed by atoms with Crippen molar-refractivity contribution in [3.05, 3.63) is 35.9 Å². The maximum absolute atomic E-state index is 11.6. The molecule has 1 aromatic carbocycles. The van der Waals surface area contributed by atoms with Gasteiger partial charge in [-0.25, -0.2) is 4.79 Å². The van der Waals surface area contributed by atoms with Crippen LogP contribution >= 0.6 is 0 Å². The second-order valence-electron chi connectivity index (χ2n) is 3.81. The third-order valence-electron chi connectivity index (χ3n) is 2.36. The first-order valence-electron chi connectivity index (χ1n) is 5.39. The SMILES string of the molecule is O=C(O)C[C@H](NC(=O)C(O)c1ccccc1)C(=O)O. The fourth-order valence-electron chi connectivity index (χ4n) is 1.41. The van der Waals surface area contributed by atoms with Crippen LogP contribution in [0.15, 0.2) is 30.3 Å². The number of aliphatic hydroxyl groups is 1. The summed E-state index contributed by atoms with van der Waals surface area (Å²) in [6.07, 6.45) is -2.31. The van der Waals surface area contributed by atoms with Gasteiger partial charge in [0.1, 0.15) is 6.04 Å². The summed E-state index contributed by atoms with van der Waals surface area (Å²) in [7, 11) is 0. The molecule has 0 fully saturated rings. The average Bonchev–Trinajstić information content (AvgIpc) is 2.37. The van der Waals surface area contributed by atoms with Crippen molar-refractivity contribution in [1.82, 2.24) is 5.32 Å². The van der Waals surface area contributed by atoms with E-state index in [1.165, 1.54) is 12.1 Å². The normalized spacial score (nSPS) is 13.3. The molecule has 1 aromatic rings. The van der Waals surface area contributed by atoms with Crippen LogP contribution in [-0.2, 0) is 14.4 Å². The van der Waals surface area contributed by atoms with E-state index in [2.05, 4.69) is 0 Å². The van der Waals surface area contributed by atoms with Gasteiger partial charge in [-0.05, 0) is 5.56 Å². The number of aliphatic carboxylic acids is 2. The number of hydrogen-bond acceptors (Lipinski definition) is 4. The van der Waals surface area contributed by atoms with E-state index in [9.17, 15) is 19.5 Å².